The molecule has 2 aromatic rings. The third-order valence-electron chi connectivity index (χ3n) is 3.84. The molecule has 0 saturated heterocycles. The van der Waals surface area contributed by atoms with Gasteiger partial charge in [0.2, 0.25) is 5.91 Å². The van der Waals surface area contributed by atoms with Gasteiger partial charge in [0.25, 0.3) is 0 Å². The number of carbonyl (C=O) groups is 1. The summed E-state index contributed by atoms with van der Waals surface area (Å²) < 4.78 is 38.3. The van der Waals surface area contributed by atoms with Gasteiger partial charge in [-0.3, -0.25) is 4.79 Å². The van der Waals surface area contributed by atoms with Crippen molar-refractivity contribution >= 4 is 28.9 Å². The van der Waals surface area contributed by atoms with E-state index < -0.39 is 17.8 Å². The average Bonchev–Trinajstić information content (AvgIpc) is 2.60. The van der Waals surface area contributed by atoms with E-state index in [1.54, 1.807) is 38.1 Å². The second kappa shape index (κ2) is 8.31. The molecule has 2 N–H and O–H groups in total. The highest BCUT2D eigenvalue weighted by atomic mass is 35.5. The molecule has 0 spiro atoms. The van der Waals surface area contributed by atoms with E-state index in [1.807, 2.05) is 6.07 Å². The first kappa shape index (κ1) is 20.6. The fraction of sp³-hybridized carbons (Fsp3) is 0.263. The van der Waals surface area contributed by atoms with Gasteiger partial charge in [0.05, 0.1) is 27.9 Å². The zero-order valence-corrected chi connectivity index (χ0v) is 15.3. The Balaban J connectivity index is 2.17. The fourth-order valence-electron chi connectivity index (χ4n) is 2.36. The first-order chi connectivity index (χ1) is 12.6. The number of halogens is 4. The van der Waals surface area contributed by atoms with Crippen molar-refractivity contribution in [1.82, 2.24) is 0 Å². The highest BCUT2D eigenvalue weighted by molar-refractivity contribution is 6.33. The molecule has 0 bridgehead atoms. The maximum Gasteiger partial charge on any atom is 0.416 e. The number of carbonyl (C=O) groups excluding carboxylic acids is 1. The van der Waals surface area contributed by atoms with E-state index in [1.165, 1.54) is 6.07 Å². The Morgan fingerprint density at radius 3 is 2.26 bits per heavy atom. The van der Waals surface area contributed by atoms with Crippen LogP contribution < -0.4 is 10.6 Å². The number of nitrogens with one attached hydrogen (secondary N) is 2. The van der Waals surface area contributed by atoms with Gasteiger partial charge in [-0.1, -0.05) is 25.4 Å². The fourth-order valence-corrected chi connectivity index (χ4v) is 2.59. The van der Waals surface area contributed by atoms with Crippen molar-refractivity contribution in [1.29, 1.82) is 5.26 Å². The van der Waals surface area contributed by atoms with Gasteiger partial charge in [-0.05, 0) is 48.4 Å². The van der Waals surface area contributed by atoms with Gasteiger partial charge < -0.3 is 10.6 Å². The van der Waals surface area contributed by atoms with E-state index in [4.69, 9.17) is 16.9 Å². The summed E-state index contributed by atoms with van der Waals surface area (Å²) in [6, 6.07) is 10.5. The van der Waals surface area contributed by atoms with E-state index in [9.17, 15) is 18.0 Å². The van der Waals surface area contributed by atoms with Crippen LogP contribution in [0.5, 0.6) is 0 Å². The number of nitriles is 1. The topological polar surface area (TPSA) is 64.9 Å². The lowest BCUT2D eigenvalue weighted by molar-refractivity contribution is -0.137. The minimum atomic E-state index is -4.49. The number of rotatable bonds is 5. The normalized spacial score (nSPS) is 12.4. The summed E-state index contributed by atoms with van der Waals surface area (Å²) in [5.41, 5.74) is 0.340. The predicted molar refractivity (Wildman–Crippen MR) is 98.5 cm³/mol. The minimum absolute atomic E-state index is 0.123. The summed E-state index contributed by atoms with van der Waals surface area (Å²) in [4.78, 5) is 12.6. The summed E-state index contributed by atoms with van der Waals surface area (Å²) in [5, 5.41) is 14.3. The van der Waals surface area contributed by atoms with Gasteiger partial charge in [0.15, 0.2) is 0 Å². The molecule has 0 heterocycles. The zero-order chi connectivity index (χ0) is 20.2. The second-order valence-electron chi connectivity index (χ2n) is 6.24. The van der Waals surface area contributed by atoms with Crippen LogP contribution in [0.2, 0.25) is 5.02 Å². The first-order valence-electron chi connectivity index (χ1n) is 8.06. The van der Waals surface area contributed by atoms with E-state index >= 15 is 0 Å². The van der Waals surface area contributed by atoms with E-state index in [0.29, 0.717) is 11.3 Å². The number of alkyl halides is 3. The maximum atomic E-state index is 12.8. The van der Waals surface area contributed by atoms with Gasteiger partial charge in [0.1, 0.15) is 6.04 Å². The van der Waals surface area contributed by atoms with Crippen LogP contribution in [0, 0.1) is 17.2 Å². The van der Waals surface area contributed by atoms with Crippen molar-refractivity contribution < 1.29 is 18.0 Å². The Morgan fingerprint density at radius 2 is 1.78 bits per heavy atom. The number of anilines is 2. The monoisotopic (exact) mass is 395 g/mol. The lowest BCUT2D eigenvalue weighted by Gasteiger charge is -2.23. The molecule has 27 heavy (non-hydrogen) atoms. The third-order valence-corrected chi connectivity index (χ3v) is 4.15. The van der Waals surface area contributed by atoms with Crippen molar-refractivity contribution in [3.63, 3.8) is 0 Å². The predicted octanol–water partition coefficient (Wildman–Crippen LogP) is 5.31. The van der Waals surface area contributed by atoms with Gasteiger partial charge in [-0.15, -0.1) is 0 Å². The molecular formula is C19H17ClF3N3O. The molecule has 2 aromatic carbocycles. The number of benzene rings is 2. The molecule has 4 nitrogen and oxygen atoms in total. The molecule has 0 aromatic heterocycles. The Morgan fingerprint density at radius 1 is 1.15 bits per heavy atom. The highest BCUT2D eigenvalue weighted by Gasteiger charge is 2.31. The highest BCUT2D eigenvalue weighted by Crippen LogP contribution is 2.34. The molecule has 2 rings (SSSR count). The van der Waals surface area contributed by atoms with Crippen molar-refractivity contribution in [3.05, 3.63) is 58.6 Å². The summed E-state index contributed by atoms with van der Waals surface area (Å²) >= 11 is 5.96. The lowest BCUT2D eigenvalue weighted by Crippen LogP contribution is -2.39. The van der Waals surface area contributed by atoms with Crippen LogP contribution in [0.1, 0.15) is 25.0 Å². The van der Waals surface area contributed by atoms with Crippen molar-refractivity contribution in [2.75, 3.05) is 10.6 Å². The Bertz CT molecular complexity index is 858. The lowest BCUT2D eigenvalue weighted by atomic mass is 10.0. The minimum Gasteiger partial charge on any atom is -0.372 e. The van der Waals surface area contributed by atoms with Crippen LogP contribution in [-0.4, -0.2) is 11.9 Å². The Kier molecular flexibility index (Phi) is 6.34. The molecule has 0 unspecified atom stereocenters. The molecule has 0 saturated carbocycles. The summed E-state index contributed by atoms with van der Waals surface area (Å²) in [6.07, 6.45) is -4.49. The number of hydrogen-bond donors (Lipinski definition) is 2. The van der Waals surface area contributed by atoms with Crippen molar-refractivity contribution in [3.8, 4) is 6.07 Å². The largest absolute Gasteiger partial charge is 0.416 e. The van der Waals surface area contributed by atoms with Crippen molar-refractivity contribution in [2.45, 2.75) is 26.1 Å². The quantitative estimate of drug-likeness (QED) is 0.721. The number of nitrogens with zero attached hydrogens (tertiary/aromatic N) is 1. The molecule has 1 atom stereocenters. The van der Waals surface area contributed by atoms with Crippen LogP contribution in [-0.2, 0) is 11.0 Å². The molecule has 0 aliphatic heterocycles. The molecule has 0 fully saturated rings. The van der Waals surface area contributed by atoms with Crippen LogP contribution >= 0.6 is 11.6 Å². The number of hydrogen-bond acceptors (Lipinski definition) is 3. The van der Waals surface area contributed by atoms with Gasteiger partial charge in [0, 0.05) is 5.69 Å². The standard InChI is InChI=1S/C19H17ClF3N3O/c1-11(2)17(18(27)25-14-6-3-12(10-24)4-7-14)26-16-8-5-13(9-15(16)20)19(21,22)23/h3-9,11,17,26H,1-2H3,(H,25,27)/t17-/m0/s1. The van der Waals surface area contributed by atoms with Crippen LogP contribution in [0.4, 0.5) is 24.5 Å². The summed E-state index contributed by atoms with van der Waals surface area (Å²) in [7, 11) is 0. The van der Waals surface area contributed by atoms with Crippen molar-refractivity contribution in [2.24, 2.45) is 5.92 Å². The second-order valence-corrected chi connectivity index (χ2v) is 6.64. The summed E-state index contributed by atoms with van der Waals surface area (Å²) in [6.45, 7) is 3.60. The molecule has 8 heteroatoms. The average molecular weight is 396 g/mol. The van der Waals surface area contributed by atoms with Gasteiger partial charge in [-0.2, -0.15) is 18.4 Å². The summed E-state index contributed by atoms with van der Waals surface area (Å²) in [5.74, 6) is -0.535. The smallest absolute Gasteiger partial charge is 0.372 e. The maximum absolute atomic E-state index is 12.8. The molecule has 1 amide bonds. The molecule has 0 radical (unpaired) electrons. The zero-order valence-electron chi connectivity index (χ0n) is 14.6. The van der Waals surface area contributed by atoms with E-state index in [2.05, 4.69) is 10.6 Å². The van der Waals surface area contributed by atoms with E-state index in [-0.39, 0.29) is 22.5 Å². The van der Waals surface area contributed by atoms with Crippen LogP contribution in [0.15, 0.2) is 42.5 Å². The molecule has 0 aliphatic carbocycles. The van der Waals surface area contributed by atoms with Gasteiger partial charge >= 0.3 is 6.18 Å². The number of amides is 1. The van der Waals surface area contributed by atoms with E-state index in [0.717, 1.165) is 12.1 Å². The van der Waals surface area contributed by atoms with Crippen LogP contribution in [0.3, 0.4) is 0 Å². The molecule has 142 valence electrons. The Hall–Kier alpha value is -2.72. The first-order valence-corrected chi connectivity index (χ1v) is 8.44. The molecule has 0 aliphatic rings. The van der Waals surface area contributed by atoms with Crippen LogP contribution in [0.25, 0.3) is 0 Å². The SMILES string of the molecule is CC(C)[C@H](Nc1ccc(C(F)(F)F)cc1Cl)C(=O)Nc1ccc(C#N)cc1. The van der Waals surface area contributed by atoms with Gasteiger partial charge in [-0.25, -0.2) is 0 Å². The molecular weight excluding hydrogens is 379 g/mol. The third kappa shape index (κ3) is 5.38. The Labute approximate surface area is 159 Å².